The van der Waals surface area contributed by atoms with Gasteiger partial charge in [0, 0.05) is 19.0 Å². The second-order valence-corrected chi connectivity index (χ2v) is 7.26. The first-order chi connectivity index (χ1) is 11.7. The summed E-state index contributed by atoms with van der Waals surface area (Å²) in [5, 5.41) is 9.42. The number of hydrogen-bond acceptors (Lipinski definition) is 4. The van der Waals surface area contributed by atoms with Gasteiger partial charge in [0.1, 0.15) is 16.9 Å². The number of carbonyl (C=O) groups excluding carboxylic acids is 1. The van der Waals surface area contributed by atoms with Gasteiger partial charge in [-0.15, -0.1) is 0 Å². The van der Waals surface area contributed by atoms with E-state index in [-0.39, 0.29) is 17.6 Å². The predicted octanol–water partition coefficient (Wildman–Crippen LogP) is 3.90. The fraction of sp³-hybridized carbons (Fsp3) is 0.579. The number of hydrogen-bond donors (Lipinski definition) is 1. The fourth-order valence-corrected chi connectivity index (χ4v) is 2.99. The van der Waals surface area contributed by atoms with E-state index in [4.69, 9.17) is 9.47 Å². The van der Waals surface area contributed by atoms with E-state index >= 15 is 0 Å². The van der Waals surface area contributed by atoms with E-state index in [1.54, 1.807) is 17.0 Å². The molecule has 6 nitrogen and oxygen atoms in total. The first-order valence-electron chi connectivity index (χ1n) is 8.69. The van der Waals surface area contributed by atoms with Crippen LogP contribution in [0, 0.1) is 0 Å². The molecule has 1 unspecified atom stereocenters. The lowest BCUT2D eigenvalue weighted by Crippen LogP contribution is -2.42. The minimum Gasteiger partial charge on any atom is -0.493 e. The molecule has 1 fully saturated rings. The van der Waals surface area contributed by atoms with Crippen molar-refractivity contribution >= 4 is 12.1 Å². The Morgan fingerprint density at radius 1 is 1.32 bits per heavy atom. The van der Waals surface area contributed by atoms with Gasteiger partial charge in [-0.25, -0.2) is 9.59 Å². The number of rotatable bonds is 4. The van der Waals surface area contributed by atoms with Crippen LogP contribution in [-0.4, -0.2) is 47.4 Å². The summed E-state index contributed by atoms with van der Waals surface area (Å²) in [6.45, 7) is 8.96. The third kappa shape index (κ3) is 5.11. The summed E-state index contributed by atoms with van der Waals surface area (Å²) in [6, 6.07) is 5.26. The van der Waals surface area contributed by atoms with E-state index in [9.17, 15) is 14.7 Å². The predicted molar refractivity (Wildman–Crippen MR) is 94.4 cm³/mol. The monoisotopic (exact) mass is 349 g/mol. The zero-order valence-electron chi connectivity index (χ0n) is 15.4. The molecule has 0 saturated carbocycles. The molecule has 1 atom stereocenters. The molecule has 2 rings (SSSR count). The summed E-state index contributed by atoms with van der Waals surface area (Å²) in [5.41, 5.74) is 0.544. The Bertz CT molecular complexity index is 635. The molecule has 0 bridgehead atoms. The summed E-state index contributed by atoms with van der Waals surface area (Å²) in [7, 11) is 0. The standard InChI is InChI=1S/C19H27NO5/c1-5-24-16-9-8-13(11-15(16)17(21)22)14-7-6-10-20(12-14)18(23)25-19(2,3)4/h8-9,11,14H,5-7,10,12H2,1-4H3,(H,21,22). The van der Waals surface area contributed by atoms with E-state index in [0.717, 1.165) is 18.4 Å². The van der Waals surface area contributed by atoms with Crippen LogP contribution in [0.3, 0.4) is 0 Å². The number of piperidine rings is 1. The Morgan fingerprint density at radius 3 is 2.64 bits per heavy atom. The molecule has 6 heteroatoms. The molecule has 1 N–H and O–H groups in total. The van der Waals surface area contributed by atoms with Crippen molar-refractivity contribution in [2.45, 2.75) is 52.1 Å². The first-order valence-corrected chi connectivity index (χ1v) is 8.69. The lowest BCUT2D eigenvalue weighted by molar-refractivity contribution is 0.0198. The van der Waals surface area contributed by atoms with Gasteiger partial charge < -0.3 is 19.5 Å². The van der Waals surface area contributed by atoms with Crippen LogP contribution in [0.5, 0.6) is 5.75 Å². The Labute approximate surface area is 148 Å². The zero-order chi connectivity index (χ0) is 18.6. The molecular formula is C19H27NO5. The topological polar surface area (TPSA) is 76.1 Å². The molecule has 1 heterocycles. The molecule has 0 aliphatic carbocycles. The number of aromatic carboxylic acids is 1. The van der Waals surface area contributed by atoms with Gasteiger partial charge in [0.2, 0.25) is 0 Å². The Kier molecular flexibility index (Phi) is 5.93. The minimum absolute atomic E-state index is 0.0926. The van der Waals surface area contributed by atoms with Crippen molar-refractivity contribution in [1.82, 2.24) is 4.90 Å². The average Bonchev–Trinajstić information content (AvgIpc) is 2.54. The SMILES string of the molecule is CCOc1ccc(C2CCCN(C(=O)OC(C)(C)C)C2)cc1C(=O)O. The van der Waals surface area contributed by atoms with E-state index < -0.39 is 11.6 Å². The molecule has 1 saturated heterocycles. The Hall–Kier alpha value is -2.24. The maximum absolute atomic E-state index is 12.3. The molecule has 1 aliphatic heterocycles. The van der Waals surface area contributed by atoms with Crippen molar-refractivity contribution in [2.75, 3.05) is 19.7 Å². The van der Waals surface area contributed by atoms with E-state index in [1.165, 1.54) is 0 Å². The number of ether oxygens (including phenoxy) is 2. The van der Waals surface area contributed by atoms with Crippen LogP contribution in [0.1, 0.15) is 62.4 Å². The summed E-state index contributed by atoms with van der Waals surface area (Å²) < 4.78 is 10.8. The van der Waals surface area contributed by atoms with Crippen molar-refractivity contribution in [3.8, 4) is 5.75 Å². The van der Waals surface area contributed by atoms with Gasteiger partial charge >= 0.3 is 12.1 Å². The number of carboxylic acid groups (broad SMARTS) is 1. The van der Waals surface area contributed by atoms with Crippen LogP contribution < -0.4 is 4.74 Å². The van der Waals surface area contributed by atoms with Crippen molar-refractivity contribution in [2.24, 2.45) is 0 Å². The van der Waals surface area contributed by atoms with Crippen molar-refractivity contribution in [3.05, 3.63) is 29.3 Å². The minimum atomic E-state index is -1.01. The van der Waals surface area contributed by atoms with E-state index in [2.05, 4.69) is 0 Å². The number of benzene rings is 1. The number of likely N-dealkylation sites (tertiary alicyclic amines) is 1. The number of nitrogens with zero attached hydrogens (tertiary/aromatic N) is 1. The summed E-state index contributed by atoms with van der Waals surface area (Å²) in [4.78, 5) is 25.5. The van der Waals surface area contributed by atoms with Gasteiger partial charge in [0.05, 0.1) is 6.61 Å². The number of carboxylic acids is 1. The molecule has 138 valence electrons. The van der Waals surface area contributed by atoms with Crippen LogP contribution in [-0.2, 0) is 4.74 Å². The third-order valence-electron chi connectivity index (χ3n) is 4.08. The van der Waals surface area contributed by atoms with Gasteiger partial charge in [-0.3, -0.25) is 0 Å². The van der Waals surface area contributed by atoms with Gasteiger partial charge in [0.25, 0.3) is 0 Å². The van der Waals surface area contributed by atoms with Gasteiger partial charge in [-0.1, -0.05) is 6.07 Å². The highest BCUT2D eigenvalue weighted by atomic mass is 16.6. The van der Waals surface area contributed by atoms with Crippen LogP contribution in [0.25, 0.3) is 0 Å². The summed E-state index contributed by atoms with van der Waals surface area (Å²) >= 11 is 0. The van der Waals surface area contributed by atoms with Crippen LogP contribution in [0.4, 0.5) is 4.79 Å². The Balaban J connectivity index is 2.16. The lowest BCUT2D eigenvalue weighted by atomic mass is 9.89. The fourth-order valence-electron chi connectivity index (χ4n) is 2.99. The second-order valence-electron chi connectivity index (χ2n) is 7.26. The maximum atomic E-state index is 12.3. The van der Waals surface area contributed by atoms with Gasteiger partial charge in [0.15, 0.2) is 0 Å². The molecule has 0 spiro atoms. The molecule has 1 aromatic rings. The van der Waals surface area contributed by atoms with Gasteiger partial charge in [-0.2, -0.15) is 0 Å². The number of amides is 1. The smallest absolute Gasteiger partial charge is 0.410 e. The highest BCUT2D eigenvalue weighted by molar-refractivity contribution is 5.91. The largest absolute Gasteiger partial charge is 0.493 e. The van der Waals surface area contributed by atoms with Crippen LogP contribution in [0.2, 0.25) is 0 Å². The molecule has 1 aliphatic rings. The summed E-state index contributed by atoms with van der Waals surface area (Å²) in [6.07, 6.45) is 1.45. The molecule has 0 radical (unpaired) electrons. The summed E-state index contributed by atoms with van der Waals surface area (Å²) in [5.74, 6) is -0.543. The molecular weight excluding hydrogens is 322 g/mol. The second kappa shape index (κ2) is 7.76. The maximum Gasteiger partial charge on any atom is 0.410 e. The lowest BCUT2D eigenvalue weighted by Gasteiger charge is -2.34. The van der Waals surface area contributed by atoms with Crippen molar-refractivity contribution in [3.63, 3.8) is 0 Å². The average molecular weight is 349 g/mol. The molecule has 1 amide bonds. The van der Waals surface area contributed by atoms with Crippen molar-refractivity contribution in [1.29, 1.82) is 0 Å². The van der Waals surface area contributed by atoms with Crippen LogP contribution >= 0.6 is 0 Å². The highest BCUT2D eigenvalue weighted by Crippen LogP contribution is 2.31. The molecule has 25 heavy (non-hydrogen) atoms. The molecule has 0 aromatic heterocycles. The normalized spacial score (nSPS) is 17.9. The molecule has 1 aromatic carbocycles. The zero-order valence-corrected chi connectivity index (χ0v) is 15.4. The first kappa shape index (κ1) is 19.1. The van der Waals surface area contributed by atoms with E-state index in [1.807, 2.05) is 33.8 Å². The quantitative estimate of drug-likeness (QED) is 0.892. The van der Waals surface area contributed by atoms with Crippen molar-refractivity contribution < 1.29 is 24.2 Å². The van der Waals surface area contributed by atoms with E-state index in [0.29, 0.717) is 25.4 Å². The van der Waals surface area contributed by atoms with Gasteiger partial charge in [-0.05, 0) is 58.2 Å². The van der Waals surface area contributed by atoms with Crippen LogP contribution in [0.15, 0.2) is 18.2 Å². The number of carbonyl (C=O) groups is 2. The Morgan fingerprint density at radius 2 is 2.04 bits per heavy atom. The third-order valence-corrected chi connectivity index (χ3v) is 4.08. The highest BCUT2D eigenvalue weighted by Gasteiger charge is 2.29.